The van der Waals surface area contributed by atoms with E-state index < -0.39 is 4.92 Å². The maximum atomic E-state index is 10.8. The van der Waals surface area contributed by atoms with Gasteiger partial charge in [-0.3, -0.25) is 10.1 Å². The van der Waals surface area contributed by atoms with Crippen molar-refractivity contribution in [3.05, 3.63) is 33.9 Å². The second-order valence-corrected chi connectivity index (χ2v) is 3.98. The lowest BCUT2D eigenvalue weighted by atomic mass is 10.1. The Hall–Kier alpha value is -1.74. The van der Waals surface area contributed by atoms with Crippen LogP contribution in [0.15, 0.2) is 18.2 Å². The van der Waals surface area contributed by atoms with Crippen LogP contribution >= 0.6 is 11.8 Å². The number of hydrogen-bond acceptors (Lipinski definition) is 5. The van der Waals surface area contributed by atoms with Gasteiger partial charge in [0, 0.05) is 12.3 Å². The van der Waals surface area contributed by atoms with Gasteiger partial charge in [0.05, 0.1) is 4.92 Å². The van der Waals surface area contributed by atoms with Crippen LogP contribution in [0.1, 0.15) is 5.56 Å². The van der Waals surface area contributed by atoms with Crippen LogP contribution in [0.25, 0.3) is 0 Å². The molecule has 5 nitrogen and oxygen atoms in total. The first-order valence-electron chi connectivity index (χ1n) is 4.61. The molecule has 0 aliphatic rings. The molecule has 0 aliphatic carbocycles. The molecule has 0 atom stereocenters. The molecule has 0 fully saturated rings. The average molecular weight is 237 g/mol. The Bertz CT molecular complexity index is 429. The molecule has 0 radical (unpaired) electrons. The number of anilines is 1. The van der Waals surface area contributed by atoms with Gasteiger partial charge < -0.3 is 5.32 Å². The molecule has 0 aromatic heterocycles. The van der Waals surface area contributed by atoms with E-state index in [9.17, 15) is 10.1 Å². The summed E-state index contributed by atoms with van der Waals surface area (Å²) in [6.45, 7) is 0.636. The van der Waals surface area contributed by atoms with E-state index in [1.165, 1.54) is 6.07 Å². The fourth-order valence-electron chi connectivity index (χ4n) is 1.26. The van der Waals surface area contributed by atoms with Crippen LogP contribution in [-0.4, -0.2) is 23.5 Å². The molecule has 0 heterocycles. The number of benzene rings is 1. The van der Waals surface area contributed by atoms with Crippen molar-refractivity contribution in [1.29, 1.82) is 5.26 Å². The summed E-state index contributed by atoms with van der Waals surface area (Å²) in [7, 11) is 0. The maximum absolute atomic E-state index is 10.8. The molecule has 84 valence electrons. The normalized spacial score (nSPS) is 9.50. The summed E-state index contributed by atoms with van der Waals surface area (Å²) in [4.78, 5) is 10.3. The van der Waals surface area contributed by atoms with Gasteiger partial charge in [0.15, 0.2) is 0 Å². The molecule has 16 heavy (non-hydrogen) atoms. The molecule has 1 N–H and O–H groups in total. The highest BCUT2D eigenvalue weighted by atomic mass is 32.2. The first-order valence-corrected chi connectivity index (χ1v) is 6.00. The Morgan fingerprint density at radius 2 is 2.38 bits per heavy atom. The first-order chi connectivity index (χ1) is 7.70. The van der Waals surface area contributed by atoms with E-state index >= 15 is 0 Å². The van der Waals surface area contributed by atoms with Crippen molar-refractivity contribution in [3.8, 4) is 6.07 Å². The molecule has 1 rings (SSSR count). The number of nitro benzene ring substituents is 1. The second-order valence-electron chi connectivity index (χ2n) is 2.99. The van der Waals surface area contributed by atoms with Crippen molar-refractivity contribution in [2.75, 3.05) is 23.9 Å². The molecule has 0 bridgehead atoms. The van der Waals surface area contributed by atoms with Crippen LogP contribution in [0.3, 0.4) is 0 Å². The van der Waals surface area contributed by atoms with Gasteiger partial charge in [0.1, 0.15) is 17.3 Å². The third-order valence-electron chi connectivity index (χ3n) is 1.96. The summed E-state index contributed by atoms with van der Waals surface area (Å²) in [5, 5.41) is 22.6. The van der Waals surface area contributed by atoms with Crippen LogP contribution in [0.5, 0.6) is 0 Å². The molecule has 0 amide bonds. The predicted octanol–water partition coefficient (Wildman–Crippen LogP) is 2.24. The highest BCUT2D eigenvalue weighted by molar-refractivity contribution is 7.98. The standard InChI is InChI=1S/C10H11N3O2S/c1-16-6-5-12-9-4-2-3-8(7-11)10(9)13(14)15/h2-4,12H,5-6H2,1H3. The minimum absolute atomic E-state index is 0.0825. The van der Waals surface area contributed by atoms with E-state index in [0.29, 0.717) is 12.2 Å². The molecular weight excluding hydrogens is 226 g/mol. The van der Waals surface area contributed by atoms with Gasteiger partial charge in [-0.15, -0.1) is 0 Å². The van der Waals surface area contributed by atoms with Gasteiger partial charge in [0.25, 0.3) is 0 Å². The minimum atomic E-state index is -0.528. The molecule has 1 aromatic rings. The van der Waals surface area contributed by atoms with Crippen LogP contribution in [-0.2, 0) is 0 Å². The largest absolute Gasteiger partial charge is 0.379 e. The summed E-state index contributed by atoms with van der Waals surface area (Å²) in [5.74, 6) is 0.855. The van der Waals surface area contributed by atoms with Gasteiger partial charge in [-0.25, -0.2) is 0 Å². The predicted molar refractivity (Wildman–Crippen MR) is 64.7 cm³/mol. The van der Waals surface area contributed by atoms with E-state index in [0.717, 1.165) is 5.75 Å². The quantitative estimate of drug-likeness (QED) is 0.482. The van der Waals surface area contributed by atoms with E-state index in [4.69, 9.17) is 5.26 Å². The first kappa shape index (κ1) is 12.3. The van der Waals surface area contributed by atoms with Crippen molar-refractivity contribution >= 4 is 23.1 Å². The van der Waals surface area contributed by atoms with Crippen LogP contribution < -0.4 is 5.32 Å². The van der Waals surface area contributed by atoms with Gasteiger partial charge in [-0.2, -0.15) is 17.0 Å². The molecule has 0 saturated heterocycles. The number of para-hydroxylation sites is 1. The van der Waals surface area contributed by atoms with Gasteiger partial charge in [-0.05, 0) is 18.4 Å². The number of rotatable bonds is 5. The topological polar surface area (TPSA) is 79.0 Å². The molecule has 0 unspecified atom stereocenters. The fraction of sp³-hybridized carbons (Fsp3) is 0.300. The summed E-state index contributed by atoms with van der Waals surface area (Å²) in [5.41, 5.74) is 0.336. The van der Waals surface area contributed by atoms with Crippen LogP contribution in [0, 0.1) is 21.4 Å². The molecule has 1 aromatic carbocycles. The molecule has 0 saturated carbocycles. The van der Waals surface area contributed by atoms with Crippen LogP contribution in [0.2, 0.25) is 0 Å². The van der Waals surface area contributed by atoms with Crippen molar-refractivity contribution < 1.29 is 4.92 Å². The Labute approximate surface area is 97.6 Å². The maximum Gasteiger partial charge on any atom is 0.309 e. The van der Waals surface area contributed by atoms with Crippen molar-refractivity contribution in [1.82, 2.24) is 0 Å². The van der Waals surface area contributed by atoms with E-state index in [1.54, 1.807) is 23.9 Å². The van der Waals surface area contributed by atoms with Crippen molar-refractivity contribution in [3.63, 3.8) is 0 Å². The number of nitrogens with zero attached hydrogens (tertiary/aromatic N) is 2. The minimum Gasteiger partial charge on any atom is -0.379 e. The zero-order valence-corrected chi connectivity index (χ0v) is 9.58. The monoisotopic (exact) mass is 237 g/mol. The highest BCUT2D eigenvalue weighted by Gasteiger charge is 2.18. The number of nitro groups is 1. The Morgan fingerprint density at radius 1 is 1.62 bits per heavy atom. The third kappa shape index (κ3) is 2.87. The van der Waals surface area contributed by atoms with Gasteiger partial charge >= 0.3 is 5.69 Å². The summed E-state index contributed by atoms with van der Waals surface area (Å²) in [6, 6.07) is 6.51. The number of nitrogens with one attached hydrogen (secondary N) is 1. The Kier molecular flexibility index (Phi) is 4.61. The molecule has 0 spiro atoms. The Morgan fingerprint density at radius 3 is 2.94 bits per heavy atom. The highest BCUT2D eigenvalue weighted by Crippen LogP contribution is 2.27. The van der Waals surface area contributed by atoms with Gasteiger partial charge in [0.2, 0.25) is 0 Å². The number of hydrogen-bond donors (Lipinski definition) is 1. The third-order valence-corrected chi connectivity index (χ3v) is 2.57. The zero-order chi connectivity index (χ0) is 12.0. The Balaban J connectivity index is 2.99. The second kappa shape index (κ2) is 5.98. The average Bonchev–Trinajstić information content (AvgIpc) is 2.28. The lowest BCUT2D eigenvalue weighted by Gasteiger charge is -2.06. The zero-order valence-electron chi connectivity index (χ0n) is 8.77. The summed E-state index contributed by atoms with van der Waals surface area (Å²) in [6.07, 6.45) is 1.96. The SMILES string of the molecule is CSCCNc1cccc(C#N)c1[N+](=O)[O-]. The summed E-state index contributed by atoms with van der Waals surface area (Å²) < 4.78 is 0. The van der Waals surface area contributed by atoms with Gasteiger partial charge in [-0.1, -0.05) is 6.07 Å². The van der Waals surface area contributed by atoms with E-state index in [-0.39, 0.29) is 11.3 Å². The lowest BCUT2D eigenvalue weighted by molar-refractivity contribution is -0.384. The summed E-state index contributed by atoms with van der Waals surface area (Å²) >= 11 is 1.65. The smallest absolute Gasteiger partial charge is 0.309 e. The fourth-order valence-corrected chi connectivity index (χ4v) is 1.57. The van der Waals surface area contributed by atoms with Crippen molar-refractivity contribution in [2.24, 2.45) is 0 Å². The molecular formula is C10H11N3O2S. The van der Waals surface area contributed by atoms with Crippen molar-refractivity contribution in [2.45, 2.75) is 0 Å². The number of thioether (sulfide) groups is 1. The number of nitriles is 1. The molecule has 6 heteroatoms. The van der Waals surface area contributed by atoms with E-state index in [2.05, 4.69) is 5.32 Å². The van der Waals surface area contributed by atoms with Crippen LogP contribution in [0.4, 0.5) is 11.4 Å². The lowest BCUT2D eigenvalue weighted by Crippen LogP contribution is -2.07. The van der Waals surface area contributed by atoms with E-state index in [1.807, 2.05) is 12.3 Å². The molecule has 0 aliphatic heterocycles.